The Hall–Kier alpha value is -3.87. The molecule has 0 aliphatic carbocycles. The minimum Gasteiger partial charge on any atom is -0.507 e. The van der Waals surface area contributed by atoms with Gasteiger partial charge in [-0.25, -0.2) is 0 Å². The van der Waals surface area contributed by atoms with E-state index in [-0.39, 0.29) is 42.8 Å². The van der Waals surface area contributed by atoms with Gasteiger partial charge in [-0.05, 0) is 35.9 Å². The molecule has 0 aliphatic heterocycles. The number of nitrogens with zero attached hydrogens (tertiary/aromatic N) is 2. The average Bonchev–Trinajstić information content (AvgIpc) is 2.78. The minimum absolute atomic E-state index is 0.0760. The van der Waals surface area contributed by atoms with Gasteiger partial charge in [0, 0.05) is 37.7 Å². The lowest BCUT2D eigenvalue weighted by Gasteiger charge is -2.24. The normalized spacial score (nSPS) is 10.3. The number of hydrogen-bond donors (Lipinski definition) is 3. The molecule has 0 fully saturated rings. The molecule has 3 aromatic rings. The summed E-state index contributed by atoms with van der Waals surface area (Å²) >= 11 is 0. The van der Waals surface area contributed by atoms with Crippen LogP contribution in [-0.4, -0.2) is 41.5 Å². The summed E-state index contributed by atoms with van der Waals surface area (Å²) < 4.78 is 0. The SMILES string of the molecule is O=C(CN(Cc1cccnc1)c1ccccc1)NCCNC(=O)c1ccccc1O. The molecule has 7 heteroatoms. The van der Waals surface area contributed by atoms with Crippen molar-refractivity contribution in [1.82, 2.24) is 15.6 Å². The average molecular weight is 404 g/mol. The van der Waals surface area contributed by atoms with Gasteiger partial charge in [-0.1, -0.05) is 36.4 Å². The molecule has 0 radical (unpaired) electrons. The van der Waals surface area contributed by atoms with Crippen LogP contribution in [0, 0.1) is 0 Å². The molecule has 3 rings (SSSR count). The first kappa shape index (κ1) is 20.9. The van der Waals surface area contributed by atoms with Gasteiger partial charge in [-0.15, -0.1) is 0 Å². The molecule has 0 saturated carbocycles. The summed E-state index contributed by atoms with van der Waals surface area (Å²) in [4.78, 5) is 30.6. The largest absolute Gasteiger partial charge is 0.507 e. The highest BCUT2D eigenvalue weighted by atomic mass is 16.3. The van der Waals surface area contributed by atoms with Gasteiger partial charge in [0.2, 0.25) is 5.91 Å². The monoisotopic (exact) mass is 404 g/mol. The highest BCUT2D eigenvalue weighted by Gasteiger charge is 2.13. The van der Waals surface area contributed by atoms with Gasteiger partial charge in [0.15, 0.2) is 0 Å². The second-order valence-corrected chi connectivity index (χ2v) is 6.68. The summed E-state index contributed by atoms with van der Waals surface area (Å²) in [5.41, 5.74) is 2.14. The van der Waals surface area contributed by atoms with Gasteiger partial charge in [0.25, 0.3) is 5.91 Å². The Morgan fingerprint density at radius 2 is 1.63 bits per heavy atom. The number of phenols is 1. The summed E-state index contributed by atoms with van der Waals surface area (Å²) in [5, 5.41) is 15.2. The van der Waals surface area contributed by atoms with Gasteiger partial charge in [-0.3, -0.25) is 14.6 Å². The first-order chi connectivity index (χ1) is 14.6. The zero-order valence-corrected chi connectivity index (χ0v) is 16.5. The molecule has 30 heavy (non-hydrogen) atoms. The van der Waals surface area contributed by atoms with Crippen molar-refractivity contribution >= 4 is 17.5 Å². The summed E-state index contributed by atoms with van der Waals surface area (Å²) in [6.07, 6.45) is 3.49. The molecular weight excluding hydrogens is 380 g/mol. The zero-order chi connectivity index (χ0) is 21.2. The summed E-state index contributed by atoms with van der Waals surface area (Å²) in [7, 11) is 0. The number of hydrogen-bond acceptors (Lipinski definition) is 5. The molecule has 1 heterocycles. The first-order valence-electron chi connectivity index (χ1n) is 9.65. The van der Waals surface area contributed by atoms with E-state index in [1.807, 2.05) is 47.4 Å². The number of aromatic nitrogens is 1. The number of carbonyl (C=O) groups is 2. The first-order valence-corrected chi connectivity index (χ1v) is 9.65. The number of amides is 2. The Morgan fingerprint density at radius 1 is 0.900 bits per heavy atom. The summed E-state index contributed by atoms with van der Waals surface area (Å²) in [6.45, 7) is 1.27. The van der Waals surface area contributed by atoms with Gasteiger partial charge < -0.3 is 20.6 Å². The van der Waals surface area contributed by atoms with Crippen LogP contribution in [0.1, 0.15) is 15.9 Å². The molecule has 7 nitrogen and oxygen atoms in total. The van der Waals surface area contributed by atoms with Crippen molar-refractivity contribution in [3.63, 3.8) is 0 Å². The van der Waals surface area contributed by atoms with Crippen molar-refractivity contribution in [3.8, 4) is 5.75 Å². The third-order valence-electron chi connectivity index (χ3n) is 4.43. The number of pyridine rings is 1. The van der Waals surface area contributed by atoms with Crippen LogP contribution < -0.4 is 15.5 Å². The fourth-order valence-electron chi connectivity index (χ4n) is 2.96. The molecule has 0 unspecified atom stereocenters. The van der Waals surface area contributed by atoms with E-state index < -0.39 is 0 Å². The van der Waals surface area contributed by atoms with Gasteiger partial charge in [0.05, 0.1) is 12.1 Å². The Bertz CT molecular complexity index is 964. The molecule has 0 spiro atoms. The predicted molar refractivity (Wildman–Crippen MR) is 115 cm³/mol. The Balaban J connectivity index is 1.51. The van der Waals surface area contributed by atoms with Crippen molar-refractivity contribution in [2.24, 2.45) is 0 Å². The van der Waals surface area contributed by atoms with Crippen LogP contribution in [0.3, 0.4) is 0 Å². The Kier molecular flexibility index (Phi) is 7.38. The molecule has 0 saturated heterocycles. The maximum Gasteiger partial charge on any atom is 0.255 e. The zero-order valence-electron chi connectivity index (χ0n) is 16.5. The quantitative estimate of drug-likeness (QED) is 0.476. The number of para-hydroxylation sites is 2. The van der Waals surface area contributed by atoms with Crippen molar-refractivity contribution in [2.75, 3.05) is 24.5 Å². The van der Waals surface area contributed by atoms with Crippen molar-refractivity contribution in [1.29, 1.82) is 0 Å². The standard InChI is InChI=1S/C23H24N4O3/c28-21-11-5-4-10-20(21)23(30)26-14-13-25-22(29)17-27(19-8-2-1-3-9-19)16-18-7-6-12-24-15-18/h1-12,15,28H,13-14,16-17H2,(H,25,29)(H,26,30). The lowest BCUT2D eigenvalue weighted by atomic mass is 10.2. The van der Waals surface area contributed by atoms with Crippen LogP contribution >= 0.6 is 0 Å². The van der Waals surface area contributed by atoms with E-state index in [9.17, 15) is 14.7 Å². The molecule has 0 aliphatic rings. The molecule has 2 amide bonds. The fourth-order valence-corrected chi connectivity index (χ4v) is 2.96. The van der Waals surface area contributed by atoms with E-state index >= 15 is 0 Å². The number of nitrogens with one attached hydrogen (secondary N) is 2. The molecule has 3 N–H and O–H groups in total. The number of phenolic OH excluding ortho intramolecular Hbond substituents is 1. The van der Waals surface area contributed by atoms with E-state index in [0.29, 0.717) is 6.54 Å². The van der Waals surface area contributed by atoms with Gasteiger partial charge in [-0.2, -0.15) is 0 Å². The summed E-state index contributed by atoms with van der Waals surface area (Å²) in [6, 6.07) is 19.9. The second-order valence-electron chi connectivity index (χ2n) is 6.68. The van der Waals surface area contributed by atoms with Crippen molar-refractivity contribution in [3.05, 3.63) is 90.3 Å². The number of benzene rings is 2. The van der Waals surface area contributed by atoms with Crippen molar-refractivity contribution < 1.29 is 14.7 Å². The highest BCUT2D eigenvalue weighted by molar-refractivity contribution is 5.96. The molecule has 154 valence electrons. The lowest BCUT2D eigenvalue weighted by molar-refractivity contribution is -0.119. The smallest absolute Gasteiger partial charge is 0.255 e. The molecule has 0 bridgehead atoms. The maximum absolute atomic E-state index is 12.5. The van der Waals surface area contributed by atoms with E-state index in [0.717, 1.165) is 11.3 Å². The van der Waals surface area contributed by atoms with Crippen LogP contribution in [0.15, 0.2) is 79.1 Å². The molecule has 1 aromatic heterocycles. The van der Waals surface area contributed by atoms with Crippen LogP contribution in [0.2, 0.25) is 0 Å². The van der Waals surface area contributed by atoms with Crippen LogP contribution in [0.25, 0.3) is 0 Å². The maximum atomic E-state index is 12.5. The highest BCUT2D eigenvalue weighted by Crippen LogP contribution is 2.16. The van der Waals surface area contributed by atoms with E-state index in [4.69, 9.17) is 0 Å². The van der Waals surface area contributed by atoms with Crippen LogP contribution in [0.4, 0.5) is 5.69 Å². The summed E-state index contributed by atoms with van der Waals surface area (Å²) in [5.74, 6) is -0.614. The molecular formula is C23H24N4O3. The number of anilines is 1. The predicted octanol–water partition coefficient (Wildman–Crippen LogP) is 2.34. The Labute approximate surface area is 175 Å². The number of aromatic hydroxyl groups is 1. The Morgan fingerprint density at radius 3 is 2.37 bits per heavy atom. The van der Waals surface area contributed by atoms with E-state index in [1.54, 1.807) is 30.6 Å². The topological polar surface area (TPSA) is 94.6 Å². The number of rotatable bonds is 9. The lowest BCUT2D eigenvalue weighted by Crippen LogP contribution is -2.40. The minimum atomic E-state index is -0.384. The van der Waals surface area contributed by atoms with E-state index in [1.165, 1.54) is 6.07 Å². The molecule has 0 atom stereocenters. The van der Waals surface area contributed by atoms with E-state index in [2.05, 4.69) is 15.6 Å². The van der Waals surface area contributed by atoms with Gasteiger partial charge in [0.1, 0.15) is 5.75 Å². The second kappa shape index (κ2) is 10.6. The number of carbonyl (C=O) groups excluding carboxylic acids is 2. The fraction of sp³-hybridized carbons (Fsp3) is 0.174. The van der Waals surface area contributed by atoms with Crippen LogP contribution in [0.5, 0.6) is 5.75 Å². The third-order valence-corrected chi connectivity index (χ3v) is 4.43. The van der Waals surface area contributed by atoms with Gasteiger partial charge >= 0.3 is 0 Å². The van der Waals surface area contributed by atoms with Crippen molar-refractivity contribution in [2.45, 2.75) is 6.54 Å². The van der Waals surface area contributed by atoms with Crippen LogP contribution in [-0.2, 0) is 11.3 Å². The molecule has 2 aromatic carbocycles. The third kappa shape index (κ3) is 6.07.